The van der Waals surface area contributed by atoms with E-state index in [2.05, 4.69) is 14.5 Å². The summed E-state index contributed by atoms with van der Waals surface area (Å²) in [7, 11) is 1.58. The maximum absolute atomic E-state index is 13.6. The summed E-state index contributed by atoms with van der Waals surface area (Å²) in [5.74, 6) is 0.0911. The van der Waals surface area contributed by atoms with Crippen LogP contribution in [0.2, 0.25) is 0 Å². The van der Waals surface area contributed by atoms with Gasteiger partial charge < -0.3 is 9.30 Å². The Morgan fingerprint density at radius 3 is 2.82 bits per heavy atom. The molecule has 2 aromatic rings. The van der Waals surface area contributed by atoms with Gasteiger partial charge in [0.15, 0.2) is 0 Å². The fraction of sp³-hybridized carbons (Fsp3) is 0.500. The second-order valence-corrected chi connectivity index (χ2v) is 7.61. The van der Waals surface area contributed by atoms with Crippen LogP contribution in [-0.4, -0.2) is 26.6 Å². The lowest BCUT2D eigenvalue weighted by Crippen LogP contribution is -2.14. The van der Waals surface area contributed by atoms with Gasteiger partial charge in [-0.25, -0.2) is 14.4 Å². The number of imidazole rings is 1. The Bertz CT molecular complexity index is 867. The smallest absolute Gasteiger partial charge is 0.316 e. The molecule has 0 spiro atoms. The van der Waals surface area contributed by atoms with Gasteiger partial charge >= 0.3 is 6.01 Å². The van der Waals surface area contributed by atoms with Crippen LogP contribution in [0.4, 0.5) is 4.39 Å². The molecule has 0 aromatic carbocycles. The summed E-state index contributed by atoms with van der Waals surface area (Å²) in [5, 5.41) is 0. The summed E-state index contributed by atoms with van der Waals surface area (Å²) in [6, 6.07) is 2.75. The van der Waals surface area contributed by atoms with Crippen molar-refractivity contribution in [1.29, 1.82) is 0 Å². The molecule has 0 bridgehead atoms. The molecular formula is C22H27FN4O. The van der Waals surface area contributed by atoms with Crippen molar-refractivity contribution in [1.82, 2.24) is 19.5 Å². The van der Waals surface area contributed by atoms with Gasteiger partial charge in [-0.2, -0.15) is 4.98 Å². The standard InChI is InChI=1S/C22H27FN4O/c1-28-22-24-14-13-19(26-22)21-20(16-7-5-9-17(23)10-6-8-16)25-15-27(21)18-11-3-2-4-12-18/h5,9-10,13-16,18H,2-4,6-8,11-12H2,1H3/b9-5-,17-10+. The lowest BCUT2D eigenvalue weighted by molar-refractivity contribution is 0.354. The minimum atomic E-state index is -0.146. The SMILES string of the molecule is COc1nccc(-c2c(C3C/C=C\C(F)=C/CC3)ncn2C2CCCCC2)n1. The third-order valence-corrected chi connectivity index (χ3v) is 5.79. The van der Waals surface area contributed by atoms with Crippen molar-refractivity contribution in [3.05, 3.63) is 48.3 Å². The normalized spacial score (nSPS) is 24.1. The van der Waals surface area contributed by atoms with Gasteiger partial charge in [-0.1, -0.05) is 25.3 Å². The van der Waals surface area contributed by atoms with Crippen molar-refractivity contribution in [2.24, 2.45) is 0 Å². The minimum Gasteiger partial charge on any atom is -0.467 e. The highest BCUT2D eigenvalue weighted by atomic mass is 19.1. The highest BCUT2D eigenvalue weighted by Gasteiger charge is 2.26. The molecular weight excluding hydrogens is 355 g/mol. The molecule has 6 heteroatoms. The van der Waals surface area contributed by atoms with E-state index >= 15 is 0 Å². The van der Waals surface area contributed by atoms with Gasteiger partial charge in [-0.3, -0.25) is 0 Å². The van der Waals surface area contributed by atoms with E-state index in [1.807, 2.05) is 18.5 Å². The summed E-state index contributed by atoms with van der Waals surface area (Å²) in [6.45, 7) is 0. The van der Waals surface area contributed by atoms with E-state index in [4.69, 9.17) is 9.72 Å². The Morgan fingerprint density at radius 1 is 1.14 bits per heavy atom. The molecule has 148 valence electrons. The first-order valence-corrected chi connectivity index (χ1v) is 10.2. The number of nitrogens with zero attached hydrogens (tertiary/aromatic N) is 4. The van der Waals surface area contributed by atoms with Crippen LogP contribution < -0.4 is 4.74 Å². The molecule has 0 aliphatic heterocycles. The topological polar surface area (TPSA) is 52.8 Å². The molecule has 1 saturated carbocycles. The predicted octanol–water partition coefficient (Wildman–Crippen LogP) is 5.53. The van der Waals surface area contributed by atoms with E-state index in [0.29, 0.717) is 18.5 Å². The van der Waals surface area contributed by atoms with Crippen LogP contribution in [0.3, 0.4) is 0 Å². The molecule has 0 amide bonds. The Hall–Kier alpha value is -2.50. The minimum absolute atomic E-state index is 0.146. The summed E-state index contributed by atoms with van der Waals surface area (Å²) >= 11 is 0. The molecule has 2 aliphatic carbocycles. The van der Waals surface area contributed by atoms with Gasteiger partial charge in [0.05, 0.1) is 30.5 Å². The zero-order chi connectivity index (χ0) is 19.3. The maximum Gasteiger partial charge on any atom is 0.316 e. The molecule has 5 nitrogen and oxygen atoms in total. The average Bonchev–Trinajstić information content (AvgIpc) is 3.16. The Morgan fingerprint density at radius 2 is 2.00 bits per heavy atom. The average molecular weight is 382 g/mol. The maximum atomic E-state index is 13.6. The molecule has 2 heterocycles. The molecule has 0 saturated heterocycles. The molecule has 0 N–H and O–H groups in total. The zero-order valence-corrected chi connectivity index (χ0v) is 16.4. The van der Waals surface area contributed by atoms with Gasteiger partial charge in [0.2, 0.25) is 0 Å². The van der Waals surface area contributed by atoms with Crippen LogP contribution in [-0.2, 0) is 0 Å². The summed E-state index contributed by atoms with van der Waals surface area (Å²) in [4.78, 5) is 13.6. The highest BCUT2D eigenvalue weighted by Crippen LogP contribution is 2.38. The molecule has 1 fully saturated rings. The van der Waals surface area contributed by atoms with Crippen molar-refractivity contribution in [3.63, 3.8) is 0 Å². The Labute approximate surface area is 165 Å². The van der Waals surface area contributed by atoms with Gasteiger partial charge in [0.1, 0.15) is 5.83 Å². The van der Waals surface area contributed by atoms with Crippen LogP contribution in [0.5, 0.6) is 6.01 Å². The Balaban J connectivity index is 1.75. The van der Waals surface area contributed by atoms with Crippen LogP contribution in [0.15, 0.2) is 42.6 Å². The zero-order valence-electron chi connectivity index (χ0n) is 16.4. The monoisotopic (exact) mass is 382 g/mol. The van der Waals surface area contributed by atoms with Gasteiger partial charge in [0, 0.05) is 18.2 Å². The third kappa shape index (κ3) is 4.01. The highest BCUT2D eigenvalue weighted by molar-refractivity contribution is 5.59. The first kappa shape index (κ1) is 18.8. The van der Waals surface area contributed by atoms with E-state index in [1.165, 1.54) is 32.1 Å². The van der Waals surface area contributed by atoms with Gasteiger partial charge in [0.25, 0.3) is 0 Å². The largest absolute Gasteiger partial charge is 0.467 e. The van der Waals surface area contributed by atoms with Crippen molar-refractivity contribution >= 4 is 0 Å². The van der Waals surface area contributed by atoms with E-state index in [-0.39, 0.29) is 11.7 Å². The summed E-state index contributed by atoms with van der Waals surface area (Å²) < 4.78 is 21.1. The van der Waals surface area contributed by atoms with E-state index < -0.39 is 0 Å². The third-order valence-electron chi connectivity index (χ3n) is 5.79. The number of methoxy groups -OCH3 is 1. The molecule has 1 unspecified atom stereocenters. The molecule has 4 rings (SSSR count). The van der Waals surface area contributed by atoms with E-state index in [0.717, 1.165) is 29.9 Å². The lowest BCUT2D eigenvalue weighted by Gasteiger charge is -2.25. The summed E-state index contributed by atoms with van der Waals surface area (Å²) in [5.41, 5.74) is 2.96. The number of ether oxygens (including phenoxy) is 1. The van der Waals surface area contributed by atoms with Crippen LogP contribution in [0.25, 0.3) is 11.4 Å². The fourth-order valence-corrected chi connectivity index (χ4v) is 4.35. The number of aromatic nitrogens is 4. The molecule has 28 heavy (non-hydrogen) atoms. The second-order valence-electron chi connectivity index (χ2n) is 7.61. The number of rotatable bonds is 4. The fourth-order valence-electron chi connectivity index (χ4n) is 4.35. The molecule has 1 atom stereocenters. The van der Waals surface area contributed by atoms with Crippen LogP contribution in [0.1, 0.15) is 69.0 Å². The van der Waals surface area contributed by atoms with Gasteiger partial charge in [-0.15, -0.1) is 0 Å². The molecule has 0 radical (unpaired) electrons. The first-order chi connectivity index (χ1) is 13.8. The van der Waals surface area contributed by atoms with E-state index in [1.54, 1.807) is 25.5 Å². The first-order valence-electron chi connectivity index (χ1n) is 10.2. The van der Waals surface area contributed by atoms with Gasteiger partial charge in [-0.05, 0) is 50.3 Å². The van der Waals surface area contributed by atoms with Crippen molar-refractivity contribution in [3.8, 4) is 17.4 Å². The number of halogens is 1. The number of hydrogen-bond donors (Lipinski definition) is 0. The molecule has 2 aromatic heterocycles. The summed E-state index contributed by atoms with van der Waals surface area (Å²) in [6.07, 6.45) is 17.4. The lowest BCUT2D eigenvalue weighted by atomic mass is 9.91. The van der Waals surface area contributed by atoms with Crippen molar-refractivity contribution in [2.45, 2.75) is 63.3 Å². The van der Waals surface area contributed by atoms with Crippen molar-refractivity contribution < 1.29 is 9.13 Å². The number of hydrogen-bond acceptors (Lipinski definition) is 4. The van der Waals surface area contributed by atoms with E-state index in [9.17, 15) is 4.39 Å². The quantitative estimate of drug-likeness (QED) is 0.697. The predicted molar refractivity (Wildman–Crippen MR) is 107 cm³/mol. The van der Waals surface area contributed by atoms with Crippen molar-refractivity contribution in [2.75, 3.05) is 7.11 Å². The van der Waals surface area contributed by atoms with Crippen LogP contribution in [0, 0.1) is 0 Å². The number of allylic oxidation sites excluding steroid dienone is 4. The Kier molecular flexibility index (Phi) is 5.84. The second kappa shape index (κ2) is 8.67. The van der Waals surface area contributed by atoms with Crippen LogP contribution >= 0.6 is 0 Å². The molecule has 2 aliphatic rings.